The Labute approximate surface area is 124 Å². The van der Waals surface area contributed by atoms with Crippen LogP contribution in [0.5, 0.6) is 0 Å². The maximum Gasteiger partial charge on any atom is 0.254 e. The smallest absolute Gasteiger partial charge is 0.254 e. The predicted molar refractivity (Wildman–Crippen MR) is 77.8 cm³/mol. The van der Waals surface area contributed by atoms with Crippen molar-refractivity contribution in [3.8, 4) is 11.8 Å². The van der Waals surface area contributed by atoms with Crippen molar-refractivity contribution in [2.24, 2.45) is 5.73 Å². The molecule has 108 valence electrons. The lowest BCUT2D eigenvalue weighted by atomic mass is 10.2. The van der Waals surface area contributed by atoms with E-state index < -0.39 is 17.5 Å². The number of hydrogen-bond acceptors (Lipinski definition) is 3. The third kappa shape index (κ3) is 3.88. The van der Waals surface area contributed by atoms with Gasteiger partial charge in [0.1, 0.15) is 0 Å². The van der Waals surface area contributed by atoms with E-state index in [9.17, 15) is 13.6 Å². The molecule has 0 atom stereocenters. The molecule has 21 heavy (non-hydrogen) atoms. The Bertz CT molecular complexity index is 716. The van der Waals surface area contributed by atoms with Gasteiger partial charge in [-0.2, -0.15) is 0 Å². The molecule has 0 unspecified atom stereocenters. The van der Waals surface area contributed by atoms with Crippen molar-refractivity contribution in [1.82, 2.24) is 5.32 Å². The summed E-state index contributed by atoms with van der Waals surface area (Å²) in [6, 6.07) is 7.12. The van der Waals surface area contributed by atoms with Crippen molar-refractivity contribution in [2.75, 3.05) is 6.54 Å². The Morgan fingerprint density at radius 2 is 2.10 bits per heavy atom. The quantitative estimate of drug-likeness (QED) is 0.855. The summed E-state index contributed by atoms with van der Waals surface area (Å²) in [7, 11) is 0. The first kappa shape index (κ1) is 15.2. The van der Waals surface area contributed by atoms with E-state index in [0.717, 1.165) is 15.8 Å². The van der Waals surface area contributed by atoms with Crippen LogP contribution in [0.4, 0.5) is 8.78 Å². The topological polar surface area (TPSA) is 55.1 Å². The van der Waals surface area contributed by atoms with E-state index in [4.69, 9.17) is 5.73 Å². The fourth-order valence-electron chi connectivity index (χ4n) is 1.62. The Balaban J connectivity index is 2.01. The zero-order chi connectivity index (χ0) is 15.2. The molecule has 3 N–H and O–H groups in total. The highest BCUT2D eigenvalue weighted by molar-refractivity contribution is 7.12. The van der Waals surface area contributed by atoms with Crippen molar-refractivity contribution >= 4 is 17.2 Å². The fourth-order valence-corrected chi connectivity index (χ4v) is 2.44. The Morgan fingerprint density at radius 3 is 2.86 bits per heavy atom. The molecule has 0 aliphatic rings. The SMILES string of the molecule is NCC#Cc1ccc(CNC(=O)c2cccc(F)c2F)s1. The molecule has 0 bridgehead atoms. The van der Waals surface area contributed by atoms with Gasteiger partial charge in [0.05, 0.1) is 23.5 Å². The van der Waals surface area contributed by atoms with Crippen LogP contribution in [0.2, 0.25) is 0 Å². The van der Waals surface area contributed by atoms with Crippen molar-refractivity contribution in [1.29, 1.82) is 0 Å². The summed E-state index contributed by atoms with van der Waals surface area (Å²) >= 11 is 1.41. The van der Waals surface area contributed by atoms with Crippen LogP contribution in [-0.2, 0) is 6.54 Å². The lowest BCUT2D eigenvalue weighted by Crippen LogP contribution is -2.23. The van der Waals surface area contributed by atoms with Crippen molar-refractivity contribution in [3.05, 3.63) is 57.3 Å². The van der Waals surface area contributed by atoms with Gasteiger partial charge in [-0.1, -0.05) is 17.9 Å². The van der Waals surface area contributed by atoms with Crippen LogP contribution >= 0.6 is 11.3 Å². The van der Waals surface area contributed by atoms with Gasteiger partial charge in [-0.3, -0.25) is 4.79 Å². The maximum absolute atomic E-state index is 13.5. The van der Waals surface area contributed by atoms with Crippen LogP contribution in [0, 0.1) is 23.5 Å². The molecule has 0 aliphatic heterocycles. The monoisotopic (exact) mass is 306 g/mol. The number of amides is 1. The van der Waals surface area contributed by atoms with Crippen LogP contribution in [-0.4, -0.2) is 12.5 Å². The standard InChI is InChI=1S/C15H12F2N2OS/c16-13-5-1-4-12(14(13)17)15(20)19-9-11-7-6-10(21-11)3-2-8-18/h1,4-7H,8-9,18H2,(H,19,20). The first-order valence-electron chi connectivity index (χ1n) is 6.11. The molecule has 0 aliphatic carbocycles. The molecule has 1 aromatic carbocycles. The van der Waals surface area contributed by atoms with Crippen molar-refractivity contribution in [2.45, 2.75) is 6.54 Å². The molecule has 0 radical (unpaired) electrons. The molecular formula is C15H12F2N2OS. The third-order valence-corrected chi connectivity index (χ3v) is 3.60. The summed E-state index contributed by atoms with van der Waals surface area (Å²) in [5.41, 5.74) is 4.97. The second-order valence-corrected chi connectivity index (χ2v) is 5.22. The lowest BCUT2D eigenvalue weighted by molar-refractivity contribution is 0.0946. The highest BCUT2D eigenvalue weighted by atomic mass is 32.1. The number of nitrogens with one attached hydrogen (secondary N) is 1. The van der Waals surface area contributed by atoms with Crippen LogP contribution in [0.25, 0.3) is 0 Å². The average Bonchev–Trinajstić information content (AvgIpc) is 2.93. The number of halogens is 2. The number of carbonyl (C=O) groups is 1. The van der Waals surface area contributed by atoms with E-state index in [1.807, 2.05) is 12.1 Å². The molecule has 1 heterocycles. The number of thiophene rings is 1. The second kappa shape index (κ2) is 6.97. The Morgan fingerprint density at radius 1 is 1.29 bits per heavy atom. The number of carbonyl (C=O) groups excluding carboxylic acids is 1. The summed E-state index contributed by atoms with van der Waals surface area (Å²) in [6.45, 7) is 0.507. The van der Waals surface area contributed by atoms with Gasteiger partial charge in [-0.15, -0.1) is 11.3 Å². The molecule has 0 spiro atoms. The van der Waals surface area contributed by atoms with Gasteiger partial charge in [0, 0.05) is 4.88 Å². The minimum atomic E-state index is -1.14. The molecule has 0 fully saturated rings. The van der Waals surface area contributed by atoms with Crippen LogP contribution in [0.1, 0.15) is 20.1 Å². The highest BCUT2D eigenvalue weighted by Gasteiger charge is 2.14. The van der Waals surface area contributed by atoms with Gasteiger partial charge < -0.3 is 11.1 Å². The summed E-state index contributed by atoms with van der Waals surface area (Å²) in [5, 5.41) is 2.54. The molecule has 1 amide bonds. The molecule has 1 aromatic heterocycles. The largest absolute Gasteiger partial charge is 0.347 e. The van der Waals surface area contributed by atoms with Crippen molar-refractivity contribution in [3.63, 3.8) is 0 Å². The van der Waals surface area contributed by atoms with Gasteiger partial charge in [0.25, 0.3) is 5.91 Å². The normalized spacial score (nSPS) is 9.86. The molecule has 2 aromatic rings. The van der Waals surface area contributed by atoms with E-state index in [2.05, 4.69) is 17.2 Å². The van der Waals surface area contributed by atoms with Gasteiger partial charge in [0.2, 0.25) is 0 Å². The Hall–Kier alpha value is -2.23. The van der Waals surface area contributed by atoms with Crippen LogP contribution < -0.4 is 11.1 Å². The van der Waals surface area contributed by atoms with Crippen LogP contribution in [0.3, 0.4) is 0 Å². The average molecular weight is 306 g/mol. The number of hydrogen-bond donors (Lipinski definition) is 2. The maximum atomic E-state index is 13.5. The summed E-state index contributed by atoms with van der Waals surface area (Å²) in [5.74, 6) is 2.77. The van der Waals surface area contributed by atoms with Gasteiger partial charge in [-0.25, -0.2) is 8.78 Å². The first-order valence-corrected chi connectivity index (χ1v) is 6.93. The molecule has 3 nitrogen and oxygen atoms in total. The molecule has 0 saturated heterocycles. The zero-order valence-electron chi connectivity index (χ0n) is 11.0. The van der Waals surface area contributed by atoms with E-state index >= 15 is 0 Å². The van der Waals surface area contributed by atoms with E-state index in [1.165, 1.54) is 23.5 Å². The minimum absolute atomic E-state index is 0.226. The van der Waals surface area contributed by atoms with Gasteiger partial charge in [-0.05, 0) is 24.3 Å². The number of rotatable bonds is 3. The summed E-state index contributed by atoms with van der Waals surface area (Å²) in [4.78, 5) is 13.5. The highest BCUT2D eigenvalue weighted by Crippen LogP contribution is 2.16. The third-order valence-electron chi connectivity index (χ3n) is 2.59. The zero-order valence-corrected chi connectivity index (χ0v) is 11.8. The number of benzene rings is 1. The lowest BCUT2D eigenvalue weighted by Gasteiger charge is -2.05. The number of nitrogens with two attached hydrogens (primary N) is 1. The fraction of sp³-hybridized carbons (Fsp3) is 0.133. The first-order chi connectivity index (χ1) is 10.1. The Kier molecular flexibility index (Phi) is 5.04. The minimum Gasteiger partial charge on any atom is -0.347 e. The van der Waals surface area contributed by atoms with E-state index in [1.54, 1.807) is 0 Å². The van der Waals surface area contributed by atoms with Crippen molar-refractivity contribution < 1.29 is 13.6 Å². The molecule has 6 heteroatoms. The molecular weight excluding hydrogens is 294 g/mol. The predicted octanol–water partition coefficient (Wildman–Crippen LogP) is 2.27. The second-order valence-electron chi connectivity index (χ2n) is 4.06. The van der Waals surface area contributed by atoms with E-state index in [-0.39, 0.29) is 18.7 Å². The van der Waals surface area contributed by atoms with Crippen LogP contribution in [0.15, 0.2) is 30.3 Å². The summed E-state index contributed by atoms with van der Waals surface area (Å²) < 4.78 is 26.5. The summed E-state index contributed by atoms with van der Waals surface area (Å²) in [6.07, 6.45) is 0. The van der Waals surface area contributed by atoms with Gasteiger partial charge in [0.15, 0.2) is 11.6 Å². The molecule has 0 saturated carbocycles. The van der Waals surface area contributed by atoms with Gasteiger partial charge >= 0.3 is 0 Å². The molecule has 2 rings (SSSR count). The van der Waals surface area contributed by atoms with E-state index in [0.29, 0.717) is 0 Å².